The summed E-state index contributed by atoms with van der Waals surface area (Å²) in [7, 11) is 1.54. The van der Waals surface area contributed by atoms with Gasteiger partial charge >= 0.3 is 0 Å². The van der Waals surface area contributed by atoms with Crippen LogP contribution < -0.4 is 14.8 Å². The minimum atomic E-state index is -0.716. The van der Waals surface area contributed by atoms with E-state index in [0.29, 0.717) is 22.7 Å². The Bertz CT molecular complexity index is 727. The summed E-state index contributed by atoms with van der Waals surface area (Å²) < 4.78 is 15.7. The van der Waals surface area contributed by atoms with Crippen LogP contribution in [0.5, 0.6) is 11.5 Å². The number of Topliss-reactive ketones (excluding diaryl/α,β-unsaturated/α-hetero) is 1. The van der Waals surface area contributed by atoms with Gasteiger partial charge in [-0.2, -0.15) is 0 Å². The Kier molecular flexibility index (Phi) is 6.54. The lowest BCUT2D eigenvalue weighted by Crippen LogP contribution is -2.30. The lowest BCUT2D eigenvalue weighted by Gasteiger charge is -2.15. The highest BCUT2D eigenvalue weighted by Crippen LogP contribution is 2.18. The summed E-state index contributed by atoms with van der Waals surface area (Å²) in [6.45, 7) is 3.29. The molecular formula is C19H21NO5. The fraction of sp³-hybridized carbons (Fsp3) is 0.263. The van der Waals surface area contributed by atoms with E-state index < -0.39 is 6.10 Å². The summed E-state index contributed by atoms with van der Waals surface area (Å²) in [4.78, 5) is 23.6. The van der Waals surface area contributed by atoms with Crippen LogP contribution >= 0.6 is 0 Å². The molecule has 0 aliphatic rings. The van der Waals surface area contributed by atoms with Crippen molar-refractivity contribution in [1.29, 1.82) is 0 Å². The van der Waals surface area contributed by atoms with E-state index in [1.807, 2.05) is 0 Å². The molecule has 25 heavy (non-hydrogen) atoms. The van der Waals surface area contributed by atoms with Crippen molar-refractivity contribution in [3.05, 3.63) is 54.1 Å². The number of amides is 1. The molecule has 6 nitrogen and oxygen atoms in total. The van der Waals surface area contributed by atoms with Crippen molar-refractivity contribution in [2.75, 3.05) is 19.2 Å². The summed E-state index contributed by atoms with van der Waals surface area (Å²) in [6.07, 6.45) is -0.716. The van der Waals surface area contributed by atoms with E-state index in [0.717, 1.165) is 0 Å². The van der Waals surface area contributed by atoms with Crippen LogP contribution in [-0.4, -0.2) is 31.7 Å². The first-order chi connectivity index (χ1) is 12.0. The van der Waals surface area contributed by atoms with E-state index in [9.17, 15) is 9.59 Å². The topological polar surface area (TPSA) is 73.9 Å². The largest absolute Gasteiger partial charge is 0.481 e. The van der Waals surface area contributed by atoms with Gasteiger partial charge in [0, 0.05) is 18.4 Å². The van der Waals surface area contributed by atoms with E-state index in [1.54, 1.807) is 62.6 Å². The number of rotatable bonds is 8. The average Bonchev–Trinajstić information content (AvgIpc) is 2.61. The molecule has 0 aliphatic heterocycles. The number of methoxy groups -OCH3 is 1. The van der Waals surface area contributed by atoms with Gasteiger partial charge in [-0.15, -0.1) is 0 Å². The first kappa shape index (κ1) is 18.5. The molecule has 0 fully saturated rings. The molecule has 1 N–H and O–H groups in total. The van der Waals surface area contributed by atoms with Gasteiger partial charge < -0.3 is 19.5 Å². The first-order valence-corrected chi connectivity index (χ1v) is 7.80. The third-order valence-electron chi connectivity index (χ3n) is 3.39. The Hall–Kier alpha value is -2.86. The molecule has 0 heterocycles. The Morgan fingerprint density at radius 3 is 2.44 bits per heavy atom. The van der Waals surface area contributed by atoms with Crippen LogP contribution in [0, 0.1) is 0 Å². The summed E-state index contributed by atoms with van der Waals surface area (Å²) in [5.41, 5.74) is 1.17. The van der Waals surface area contributed by atoms with Crippen molar-refractivity contribution < 1.29 is 23.8 Å². The van der Waals surface area contributed by atoms with Gasteiger partial charge in [0.15, 0.2) is 18.7 Å². The van der Waals surface area contributed by atoms with E-state index in [4.69, 9.17) is 14.2 Å². The van der Waals surface area contributed by atoms with Crippen LogP contribution in [0.1, 0.15) is 24.2 Å². The average molecular weight is 343 g/mol. The highest BCUT2D eigenvalue weighted by Gasteiger charge is 2.15. The maximum atomic E-state index is 12.2. The second kappa shape index (κ2) is 8.84. The van der Waals surface area contributed by atoms with E-state index in [1.165, 1.54) is 6.92 Å². The molecule has 6 heteroatoms. The van der Waals surface area contributed by atoms with Crippen LogP contribution in [0.3, 0.4) is 0 Å². The second-order valence-corrected chi connectivity index (χ2v) is 5.41. The first-order valence-electron chi connectivity index (χ1n) is 7.80. The van der Waals surface area contributed by atoms with Crippen molar-refractivity contribution in [3.63, 3.8) is 0 Å². The molecule has 0 unspecified atom stereocenters. The maximum Gasteiger partial charge on any atom is 0.265 e. The SMILES string of the molecule is COCOc1ccc(NC(=O)[C@H](C)Oc2cccc(C(C)=O)c2)cc1. The van der Waals surface area contributed by atoms with Crippen molar-refractivity contribution >= 4 is 17.4 Å². The standard InChI is InChI=1S/C19H21NO5/c1-13(21)15-5-4-6-18(11-15)25-14(2)19(22)20-16-7-9-17(10-8-16)24-12-23-3/h4-11,14H,12H2,1-3H3,(H,20,22)/t14-/m0/s1. The van der Waals surface area contributed by atoms with Gasteiger partial charge in [0.1, 0.15) is 11.5 Å². The molecule has 2 rings (SSSR count). The number of ketones is 1. The number of benzene rings is 2. The molecule has 0 aromatic heterocycles. The van der Waals surface area contributed by atoms with Crippen molar-refractivity contribution in [1.82, 2.24) is 0 Å². The van der Waals surface area contributed by atoms with Gasteiger partial charge in [-0.05, 0) is 50.2 Å². The number of ether oxygens (including phenoxy) is 3. The van der Waals surface area contributed by atoms with E-state index in [-0.39, 0.29) is 18.5 Å². The summed E-state index contributed by atoms with van der Waals surface area (Å²) in [6, 6.07) is 13.7. The van der Waals surface area contributed by atoms with Gasteiger partial charge in [-0.1, -0.05) is 12.1 Å². The number of hydrogen-bond acceptors (Lipinski definition) is 5. The molecule has 0 radical (unpaired) electrons. The Morgan fingerprint density at radius 1 is 1.08 bits per heavy atom. The maximum absolute atomic E-state index is 12.2. The highest BCUT2D eigenvalue weighted by molar-refractivity contribution is 5.95. The third kappa shape index (κ3) is 5.61. The molecule has 0 saturated heterocycles. The zero-order valence-corrected chi connectivity index (χ0v) is 14.4. The Labute approximate surface area is 146 Å². The monoisotopic (exact) mass is 343 g/mol. The third-order valence-corrected chi connectivity index (χ3v) is 3.39. The zero-order valence-electron chi connectivity index (χ0n) is 14.4. The molecule has 132 valence electrons. The van der Waals surface area contributed by atoms with E-state index >= 15 is 0 Å². The molecule has 2 aromatic rings. The number of hydrogen-bond donors (Lipinski definition) is 1. The normalized spacial score (nSPS) is 11.5. The molecule has 1 amide bonds. The molecule has 2 aromatic carbocycles. The number of carbonyl (C=O) groups excluding carboxylic acids is 2. The van der Waals surface area contributed by atoms with Gasteiger partial charge in [-0.3, -0.25) is 9.59 Å². The van der Waals surface area contributed by atoms with Crippen molar-refractivity contribution in [2.24, 2.45) is 0 Å². The smallest absolute Gasteiger partial charge is 0.265 e. The van der Waals surface area contributed by atoms with Crippen LogP contribution in [0.15, 0.2) is 48.5 Å². The lowest BCUT2D eigenvalue weighted by atomic mass is 10.1. The van der Waals surface area contributed by atoms with Crippen LogP contribution in [0.4, 0.5) is 5.69 Å². The van der Waals surface area contributed by atoms with Gasteiger partial charge in [0.2, 0.25) is 0 Å². The van der Waals surface area contributed by atoms with E-state index in [2.05, 4.69) is 5.32 Å². The quantitative estimate of drug-likeness (QED) is 0.588. The van der Waals surface area contributed by atoms with Gasteiger partial charge in [0.25, 0.3) is 5.91 Å². The molecule has 0 aliphatic carbocycles. The summed E-state index contributed by atoms with van der Waals surface area (Å²) in [5.74, 6) is 0.765. The minimum Gasteiger partial charge on any atom is -0.481 e. The second-order valence-electron chi connectivity index (χ2n) is 5.41. The summed E-state index contributed by atoms with van der Waals surface area (Å²) in [5, 5.41) is 2.76. The van der Waals surface area contributed by atoms with Crippen LogP contribution in [0.2, 0.25) is 0 Å². The van der Waals surface area contributed by atoms with Crippen LogP contribution in [-0.2, 0) is 9.53 Å². The Balaban J connectivity index is 1.93. The fourth-order valence-corrected chi connectivity index (χ4v) is 2.05. The number of nitrogens with one attached hydrogen (secondary N) is 1. The van der Waals surface area contributed by atoms with Gasteiger partial charge in [0.05, 0.1) is 0 Å². The summed E-state index contributed by atoms with van der Waals surface area (Å²) >= 11 is 0. The number of carbonyl (C=O) groups is 2. The zero-order chi connectivity index (χ0) is 18.2. The van der Waals surface area contributed by atoms with Crippen molar-refractivity contribution in [2.45, 2.75) is 20.0 Å². The highest BCUT2D eigenvalue weighted by atomic mass is 16.7. The van der Waals surface area contributed by atoms with Gasteiger partial charge in [-0.25, -0.2) is 0 Å². The van der Waals surface area contributed by atoms with Crippen molar-refractivity contribution in [3.8, 4) is 11.5 Å². The Morgan fingerprint density at radius 2 is 1.80 bits per heavy atom. The molecule has 1 atom stereocenters. The molecule has 0 spiro atoms. The molecule has 0 bridgehead atoms. The molecule has 0 saturated carbocycles. The predicted octanol–water partition coefficient (Wildman–Crippen LogP) is 3.28. The van der Waals surface area contributed by atoms with Crippen LogP contribution in [0.25, 0.3) is 0 Å². The number of anilines is 1. The fourth-order valence-electron chi connectivity index (χ4n) is 2.05. The molecular weight excluding hydrogens is 322 g/mol. The lowest BCUT2D eigenvalue weighted by molar-refractivity contribution is -0.122. The minimum absolute atomic E-state index is 0.0571. The predicted molar refractivity (Wildman–Crippen MR) is 94.1 cm³/mol.